The number of alkyl halides is 3. The molecule has 6 nitrogen and oxygen atoms in total. The third kappa shape index (κ3) is 3.87. The van der Waals surface area contributed by atoms with Gasteiger partial charge in [0.25, 0.3) is 0 Å². The number of rotatable bonds is 4. The van der Waals surface area contributed by atoms with E-state index in [1.807, 2.05) is 13.8 Å². The molecule has 0 spiro atoms. The molecule has 0 fully saturated rings. The van der Waals surface area contributed by atoms with Gasteiger partial charge in [0.05, 0.1) is 0 Å². The highest BCUT2D eigenvalue weighted by Crippen LogP contribution is 2.23. The summed E-state index contributed by atoms with van der Waals surface area (Å²) in [6.07, 6.45) is -5.02. The summed E-state index contributed by atoms with van der Waals surface area (Å²) in [5.41, 5.74) is -0.168. The van der Waals surface area contributed by atoms with E-state index in [0.29, 0.717) is 6.54 Å². The van der Waals surface area contributed by atoms with Crippen LogP contribution in [-0.2, 0) is 4.79 Å². The molecule has 3 N–H and O–H groups in total. The molecule has 0 aliphatic heterocycles. The molecule has 0 unspecified atom stereocenters. The van der Waals surface area contributed by atoms with Crippen LogP contribution in [0.2, 0.25) is 0 Å². The SMILES string of the molecule is CC(C)CNc1n[nH]c(NC(=O)C(F)(F)F)c1C#N. The van der Waals surface area contributed by atoms with Crippen LogP contribution in [0.15, 0.2) is 0 Å². The number of hydrogen-bond donors (Lipinski definition) is 3. The van der Waals surface area contributed by atoms with E-state index in [-0.39, 0.29) is 23.1 Å². The van der Waals surface area contributed by atoms with E-state index in [2.05, 4.69) is 15.5 Å². The van der Waals surface area contributed by atoms with E-state index in [1.165, 1.54) is 0 Å². The average Bonchev–Trinajstić information content (AvgIpc) is 2.67. The molecule has 1 amide bonds. The maximum absolute atomic E-state index is 12.1. The van der Waals surface area contributed by atoms with Gasteiger partial charge in [-0.3, -0.25) is 9.89 Å². The predicted molar refractivity (Wildman–Crippen MR) is 61.3 cm³/mol. The van der Waals surface area contributed by atoms with Crippen molar-refractivity contribution < 1.29 is 18.0 Å². The first kappa shape index (κ1) is 14.8. The van der Waals surface area contributed by atoms with Gasteiger partial charge in [0.15, 0.2) is 5.82 Å². The van der Waals surface area contributed by atoms with Crippen molar-refractivity contribution in [1.29, 1.82) is 5.26 Å². The lowest BCUT2D eigenvalue weighted by Crippen LogP contribution is -2.30. The molecular formula is C10H12F3N5O. The normalized spacial score (nSPS) is 11.2. The highest BCUT2D eigenvalue weighted by molar-refractivity contribution is 5.95. The number of hydrogen-bond acceptors (Lipinski definition) is 4. The van der Waals surface area contributed by atoms with Crippen LogP contribution in [0.1, 0.15) is 19.4 Å². The largest absolute Gasteiger partial charge is 0.471 e. The molecule has 1 aromatic rings. The molecule has 9 heteroatoms. The lowest BCUT2D eigenvalue weighted by Gasteiger charge is -2.07. The summed E-state index contributed by atoms with van der Waals surface area (Å²) >= 11 is 0. The predicted octanol–water partition coefficient (Wildman–Crippen LogP) is 1.85. The highest BCUT2D eigenvalue weighted by atomic mass is 19.4. The first-order chi connectivity index (χ1) is 8.75. The minimum Gasteiger partial charge on any atom is -0.367 e. The van der Waals surface area contributed by atoms with Crippen molar-refractivity contribution in [3.8, 4) is 6.07 Å². The summed E-state index contributed by atoms with van der Waals surface area (Å²) in [5, 5.41) is 19.1. The summed E-state index contributed by atoms with van der Waals surface area (Å²) in [5.74, 6) is -2.18. The second-order valence-electron chi connectivity index (χ2n) is 4.16. The smallest absolute Gasteiger partial charge is 0.367 e. The fourth-order valence-corrected chi connectivity index (χ4v) is 1.15. The average molecular weight is 275 g/mol. The van der Waals surface area contributed by atoms with Crippen molar-refractivity contribution >= 4 is 17.5 Å². The number of aromatic nitrogens is 2. The summed E-state index contributed by atoms with van der Waals surface area (Å²) < 4.78 is 36.3. The Labute approximate surface area is 107 Å². The Balaban J connectivity index is 2.87. The quantitative estimate of drug-likeness (QED) is 0.781. The van der Waals surface area contributed by atoms with Crippen LogP contribution in [0.3, 0.4) is 0 Å². The lowest BCUT2D eigenvalue weighted by molar-refractivity contribution is -0.167. The Morgan fingerprint density at radius 1 is 1.53 bits per heavy atom. The fourth-order valence-electron chi connectivity index (χ4n) is 1.15. The molecule has 0 saturated carbocycles. The summed E-state index contributed by atoms with van der Waals surface area (Å²) in [4.78, 5) is 10.8. The summed E-state index contributed by atoms with van der Waals surface area (Å²) in [6.45, 7) is 4.32. The maximum Gasteiger partial charge on any atom is 0.471 e. The molecular weight excluding hydrogens is 263 g/mol. The molecule has 0 aromatic carbocycles. The number of nitriles is 1. The number of nitrogens with one attached hydrogen (secondary N) is 3. The van der Waals surface area contributed by atoms with Gasteiger partial charge in [0.1, 0.15) is 17.5 Å². The van der Waals surface area contributed by atoms with Gasteiger partial charge in [0, 0.05) is 6.54 Å². The van der Waals surface area contributed by atoms with E-state index < -0.39 is 12.1 Å². The number of halogens is 3. The second kappa shape index (κ2) is 5.60. The van der Waals surface area contributed by atoms with Crippen molar-refractivity contribution in [2.75, 3.05) is 17.2 Å². The van der Waals surface area contributed by atoms with Gasteiger partial charge in [-0.2, -0.15) is 23.5 Å². The minimum atomic E-state index is -5.02. The van der Waals surface area contributed by atoms with Gasteiger partial charge in [-0.05, 0) is 5.92 Å². The van der Waals surface area contributed by atoms with Crippen molar-refractivity contribution in [2.24, 2.45) is 5.92 Å². The van der Waals surface area contributed by atoms with E-state index in [4.69, 9.17) is 5.26 Å². The molecule has 19 heavy (non-hydrogen) atoms. The van der Waals surface area contributed by atoms with Gasteiger partial charge in [0.2, 0.25) is 0 Å². The molecule has 0 bridgehead atoms. The van der Waals surface area contributed by atoms with Gasteiger partial charge in [-0.25, -0.2) is 0 Å². The molecule has 1 rings (SSSR count). The Morgan fingerprint density at radius 3 is 2.63 bits per heavy atom. The number of H-pyrrole nitrogens is 1. The zero-order valence-corrected chi connectivity index (χ0v) is 10.2. The number of carbonyl (C=O) groups excluding carboxylic acids is 1. The van der Waals surface area contributed by atoms with Crippen LogP contribution in [0.4, 0.5) is 24.8 Å². The highest BCUT2D eigenvalue weighted by Gasteiger charge is 2.39. The fraction of sp³-hybridized carbons (Fsp3) is 0.500. The molecule has 0 aliphatic carbocycles. The maximum atomic E-state index is 12.1. The standard InChI is InChI=1S/C10H12F3N5O/c1-5(2)4-15-7-6(3-14)8(18-17-7)16-9(19)10(11,12)13/h5H,4H2,1-2H3,(H3,15,16,17,18,19). The molecule has 1 heterocycles. The monoisotopic (exact) mass is 275 g/mol. The van der Waals surface area contributed by atoms with Crippen molar-refractivity contribution in [3.05, 3.63) is 5.56 Å². The van der Waals surface area contributed by atoms with Gasteiger partial charge in [-0.1, -0.05) is 13.8 Å². The zero-order chi connectivity index (χ0) is 14.6. The number of amides is 1. The minimum absolute atomic E-state index is 0.105. The Morgan fingerprint density at radius 2 is 2.16 bits per heavy atom. The van der Waals surface area contributed by atoms with Gasteiger partial charge in [-0.15, -0.1) is 0 Å². The first-order valence-corrected chi connectivity index (χ1v) is 5.36. The zero-order valence-electron chi connectivity index (χ0n) is 10.2. The van der Waals surface area contributed by atoms with E-state index >= 15 is 0 Å². The third-order valence-electron chi connectivity index (χ3n) is 2.05. The van der Waals surface area contributed by atoms with E-state index in [0.717, 1.165) is 0 Å². The Hall–Kier alpha value is -2.24. The number of anilines is 2. The van der Waals surface area contributed by atoms with Crippen LogP contribution < -0.4 is 10.6 Å². The number of aromatic amines is 1. The molecule has 0 aliphatic rings. The number of carbonyl (C=O) groups is 1. The lowest BCUT2D eigenvalue weighted by atomic mass is 10.2. The molecule has 104 valence electrons. The van der Waals surface area contributed by atoms with E-state index in [9.17, 15) is 18.0 Å². The van der Waals surface area contributed by atoms with Crippen LogP contribution in [0, 0.1) is 17.2 Å². The Kier molecular flexibility index (Phi) is 4.37. The molecule has 0 radical (unpaired) electrons. The topological polar surface area (TPSA) is 93.6 Å². The second-order valence-corrected chi connectivity index (χ2v) is 4.16. The van der Waals surface area contributed by atoms with Crippen LogP contribution >= 0.6 is 0 Å². The number of nitrogens with zero attached hydrogens (tertiary/aromatic N) is 2. The van der Waals surface area contributed by atoms with Crippen LogP contribution in [0.5, 0.6) is 0 Å². The van der Waals surface area contributed by atoms with Crippen molar-refractivity contribution in [3.63, 3.8) is 0 Å². The first-order valence-electron chi connectivity index (χ1n) is 5.36. The molecule has 0 saturated heterocycles. The van der Waals surface area contributed by atoms with Crippen LogP contribution in [-0.4, -0.2) is 28.8 Å². The van der Waals surface area contributed by atoms with E-state index in [1.54, 1.807) is 11.4 Å². The Bertz CT molecular complexity index is 500. The van der Waals surface area contributed by atoms with Gasteiger partial charge < -0.3 is 10.6 Å². The van der Waals surface area contributed by atoms with Crippen LogP contribution in [0.25, 0.3) is 0 Å². The van der Waals surface area contributed by atoms with Crippen molar-refractivity contribution in [1.82, 2.24) is 10.2 Å². The summed E-state index contributed by atoms with van der Waals surface area (Å²) in [7, 11) is 0. The molecule has 0 atom stereocenters. The molecule has 1 aromatic heterocycles. The van der Waals surface area contributed by atoms with Gasteiger partial charge >= 0.3 is 12.1 Å². The van der Waals surface area contributed by atoms with Crippen molar-refractivity contribution in [2.45, 2.75) is 20.0 Å². The summed E-state index contributed by atoms with van der Waals surface area (Å²) in [6, 6.07) is 1.69. The third-order valence-corrected chi connectivity index (χ3v) is 2.05.